The molecule has 2 N–H and O–H groups in total. The second-order valence-electron chi connectivity index (χ2n) is 6.07. The van der Waals surface area contributed by atoms with E-state index >= 15 is 0 Å². The Bertz CT molecular complexity index is 1010. The summed E-state index contributed by atoms with van der Waals surface area (Å²) in [6.45, 7) is 7.14. The first-order valence-electron chi connectivity index (χ1n) is 7.78. The molecule has 3 aromatic heterocycles. The molecule has 0 aliphatic heterocycles. The highest BCUT2D eigenvalue weighted by molar-refractivity contribution is 5.89. The Morgan fingerprint density at radius 3 is 2.87 bits per heavy atom. The molecule has 0 saturated carbocycles. The van der Waals surface area contributed by atoms with Crippen molar-refractivity contribution in [2.75, 3.05) is 5.32 Å². The van der Waals surface area contributed by atoms with Crippen LogP contribution in [0.25, 0.3) is 21.9 Å². The van der Waals surface area contributed by atoms with E-state index in [-0.39, 0.29) is 0 Å². The van der Waals surface area contributed by atoms with Crippen molar-refractivity contribution in [2.24, 2.45) is 0 Å². The maximum absolute atomic E-state index is 5.43. The van der Waals surface area contributed by atoms with Crippen LogP contribution in [0.5, 0.6) is 0 Å². The number of aromatic amines is 1. The zero-order valence-corrected chi connectivity index (χ0v) is 13.5. The van der Waals surface area contributed by atoms with Gasteiger partial charge in [-0.15, -0.1) is 0 Å². The summed E-state index contributed by atoms with van der Waals surface area (Å²) < 4.78 is 5.43. The van der Waals surface area contributed by atoms with Crippen LogP contribution in [0, 0.1) is 20.8 Å². The molecule has 0 aliphatic rings. The number of furan rings is 1. The standard InChI is InChI=1S/C19H19N3O/c1-11-8-14(18-16(9-11)12(2)13(3)22-18)10-21-19-15-5-7-23-17(15)4-6-20-19/h4-9,22H,10H2,1-3H3,(H,20,21). The van der Waals surface area contributed by atoms with Crippen LogP contribution in [-0.2, 0) is 6.54 Å². The van der Waals surface area contributed by atoms with Crippen LogP contribution in [0.15, 0.2) is 41.1 Å². The molecule has 116 valence electrons. The molecule has 0 saturated heterocycles. The SMILES string of the molecule is Cc1cc(CNc2nccc3occc23)c2[nH]c(C)c(C)c2c1. The van der Waals surface area contributed by atoms with Crippen LogP contribution in [0.2, 0.25) is 0 Å². The van der Waals surface area contributed by atoms with Crippen molar-refractivity contribution in [1.29, 1.82) is 0 Å². The lowest BCUT2D eigenvalue weighted by Crippen LogP contribution is -2.02. The molecule has 0 unspecified atom stereocenters. The van der Waals surface area contributed by atoms with Gasteiger partial charge < -0.3 is 14.7 Å². The summed E-state index contributed by atoms with van der Waals surface area (Å²) in [6, 6.07) is 8.29. The van der Waals surface area contributed by atoms with Gasteiger partial charge in [0.25, 0.3) is 0 Å². The molecule has 0 aliphatic carbocycles. The Labute approximate surface area is 134 Å². The monoisotopic (exact) mass is 305 g/mol. The fourth-order valence-corrected chi connectivity index (χ4v) is 3.14. The molecule has 0 radical (unpaired) electrons. The van der Waals surface area contributed by atoms with E-state index in [1.54, 1.807) is 12.5 Å². The number of anilines is 1. The highest BCUT2D eigenvalue weighted by Gasteiger charge is 2.10. The second-order valence-corrected chi connectivity index (χ2v) is 6.07. The normalized spacial score (nSPS) is 11.4. The molecule has 1 aromatic carbocycles. The lowest BCUT2D eigenvalue weighted by molar-refractivity contribution is 0.615. The van der Waals surface area contributed by atoms with E-state index in [0.29, 0.717) is 0 Å². The number of rotatable bonds is 3. The van der Waals surface area contributed by atoms with Gasteiger partial charge in [-0.1, -0.05) is 11.6 Å². The number of fused-ring (bicyclic) bond motifs is 2. The molecular weight excluding hydrogens is 286 g/mol. The van der Waals surface area contributed by atoms with Crippen LogP contribution in [0.1, 0.15) is 22.4 Å². The number of aromatic nitrogens is 2. The van der Waals surface area contributed by atoms with E-state index in [1.807, 2.05) is 12.1 Å². The maximum atomic E-state index is 5.43. The number of nitrogens with one attached hydrogen (secondary N) is 2. The molecular formula is C19H19N3O. The highest BCUT2D eigenvalue weighted by atomic mass is 16.3. The van der Waals surface area contributed by atoms with Crippen molar-refractivity contribution in [3.63, 3.8) is 0 Å². The van der Waals surface area contributed by atoms with Crippen molar-refractivity contribution >= 4 is 27.7 Å². The fourth-order valence-electron chi connectivity index (χ4n) is 3.14. The molecule has 3 heterocycles. The van der Waals surface area contributed by atoms with Crippen LogP contribution in [0.4, 0.5) is 5.82 Å². The number of nitrogens with zero attached hydrogens (tertiary/aromatic N) is 1. The smallest absolute Gasteiger partial charge is 0.139 e. The summed E-state index contributed by atoms with van der Waals surface area (Å²) >= 11 is 0. The Morgan fingerprint density at radius 2 is 2.00 bits per heavy atom. The largest absolute Gasteiger partial charge is 0.464 e. The topological polar surface area (TPSA) is 53.9 Å². The predicted octanol–water partition coefficient (Wildman–Crippen LogP) is 4.85. The first kappa shape index (κ1) is 13.9. The summed E-state index contributed by atoms with van der Waals surface area (Å²) in [4.78, 5) is 7.95. The Morgan fingerprint density at radius 1 is 1.13 bits per heavy atom. The predicted molar refractivity (Wildman–Crippen MR) is 93.8 cm³/mol. The van der Waals surface area contributed by atoms with E-state index in [0.717, 1.165) is 23.3 Å². The molecule has 23 heavy (non-hydrogen) atoms. The van der Waals surface area contributed by atoms with Crippen LogP contribution in [-0.4, -0.2) is 9.97 Å². The van der Waals surface area contributed by atoms with E-state index in [9.17, 15) is 0 Å². The lowest BCUT2D eigenvalue weighted by atomic mass is 10.0. The van der Waals surface area contributed by atoms with Crippen LogP contribution in [0.3, 0.4) is 0 Å². The fraction of sp³-hybridized carbons (Fsp3) is 0.211. The van der Waals surface area contributed by atoms with Gasteiger partial charge in [-0.25, -0.2) is 4.98 Å². The number of hydrogen-bond acceptors (Lipinski definition) is 3. The van der Waals surface area contributed by atoms with Gasteiger partial charge in [-0.2, -0.15) is 0 Å². The summed E-state index contributed by atoms with van der Waals surface area (Å²) in [5.41, 5.74) is 7.12. The molecule has 4 nitrogen and oxygen atoms in total. The van der Waals surface area contributed by atoms with Crippen LogP contribution >= 0.6 is 0 Å². The Hall–Kier alpha value is -2.75. The van der Waals surface area contributed by atoms with E-state index in [4.69, 9.17) is 4.42 Å². The molecule has 4 rings (SSSR count). The zero-order chi connectivity index (χ0) is 16.0. The Kier molecular flexibility index (Phi) is 3.11. The molecule has 0 amide bonds. The third kappa shape index (κ3) is 2.27. The van der Waals surface area contributed by atoms with Crippen molar-refractivity contribution in [1.82, 2.24) is 9.97 Å². The summed E-state index contributed by atoms with van der Waals surface area (Å²) in [5.74, 6) is 0.853. The minimum atomic E-state index is 0.717. The first-order chi connectivity index (χ1) is 11.1. The van der Waals surface area contributed by atoms with Gasteiger partial charge >= 0.3 is 0 Å². The van der Waals surface area contributed by atoms with Gasteiger partial charge in [0, 0.05) is 23.8 Å². The van der Waals surface area contributed by atoms with E-state index < -0.39 is 0 Å². The highest BCUT2D eigenvalue weighted by Crippen LogP contribution is 2.27. The van der Waals surface area contributed by atoms with Crippen molar-refractivity contribution < 1.29 is 4.42 Å². The number of H-pyrrole nitrogens is 1. The average molecular weight is 305 g/mol. The van der Waals surface area contributed by atoms with Crippen LogP contribution < -0.4 is 5.32 Å². The number of hydrogen-bond donors (Lipinski definition) is 2. The minimum absolute atomic E-state index is 0.717. The molecule has 4 aromatic rings. The maximum Gasteiger partial charge on any atom is 0.139 e. The van der Waals surface area contributed by atoms with Crippen molar-refractivity contribution in [3.05, 3.63) is 59.1 Å². The van der Waals surface area contributed by atoms with Gasteiger partial charge in [0.1, 0.15) is 11.4 Å². The van der Waals surface area contributed by atoms with Crippen molar-refractivity contribution in [2.45, 2.75) is 27.3 Å². The number of benzene rings is 1. The molecule has 0 atom stereocenters. The summed E-state index contributed by atoms with van der Waals surface area (Å²) in [6.07, 6.45) is 3.46. The van der Waals surface area contributed by atoms with Gasteiger partial charge in [0.15, 0.2) is 0 Å². The minimum Gasteiger partial charge on any atom is -0.464 e. The summed E-state index contributed by atoms with van der Waals surface area (Å²) in [5, 5.41) is 5.76. The van der Waals surface area contributed by atoms with Gasteiger partial charge in [-0.05, 0) is 50.1 Å². The first-order valence-corrected chi connectivity index (χ1v) is 7.78. The van der Waals surface area contributed by atoms with Gasteiger partial charge in [0.2, 0.25) is 0 Å². The number of aryl methyl sites for hydroxylation is 3. The third-order valence-electron chi connectivity index (χ3n) is 4.47. The third-order valence-corrected chi connectivity index (χ3v) is 4.47. The number of pyridine rings is 1. The van der Waals surface area contributed by atoms with Gasteiger partial charge in [-0.3, -0.25) is 0 Å². The van der Waals surface area contributed by atoms with E-state index in [1.165, 1.54) is 33.3 Å². The molecule has 0 bridgehead atoms. The quantitative estimate of drug-likeness (QED) is 0.569. The van der Waals surface area contributed by atoms with E-state index in [2.05, 4.69) is 48.2 Å². The van der Waals surface area contributed by atoms with Gasteiger partial charge in [0.05, 0.1) is 17.2 Å². The molecule has 4 heteroatoms. The second kappa shape index (κ2) is 5.16. The summed E-state index contributed by atoms with van der Waals surface area (Å²) in [7, 11) is 0. The molecule has 0 fully saturated rings. The lowest BCUT2D eigenvalue weighted by Gasteiger charge is -2.09. The van der Waals surface area contributed by atoms with Crippen molar-refractivity contribution in [3.8, 4) is 0 Å². The average Bonchev–Trinajstić information content (AvgIpc) is 3.12. The Balaban J connectivity index is 1.73. The zero-order valence-electron chi connectivity index (χ0n) is 13.5. The molecule has 0 spiro atoms.